The van der Waals surface area contributed by atoms with E-state index in [0.29, 0.717) is 11.5 Å². The van der Waals surface area contributed by atoms with Crippen molar-refractivity contribution in [1.29, 1.82) is 0 Å². The number of aryl methyl sites for hydroxylation is 3. The lowest BCUT2D eigenvalue weighted by atomic mass is 10.3. The average molecular weight is 221 g/mol. The lowest BCUT2D eigenvalue weighted by molar-refractivity contribution is 1.02. The smallest absolute Gasteiger partial charge is 0.251 e. The van der Waals surface area contributed by atoms with Crippen LogP contribution in [0.1, 0.15) is 16.5 Å². The fraction of sp³-hybridized carbons (Fsp3) is 0.300. The van der Waals surface area contributed by atoms with Crippen LogP contribution in [0.5, 0.6) is 0 Å². The summed E-state index contributed by atoms with van der Waals surface area (Å²) in [4.78, 5) is 23.5. The van der Waals surface area contributed by atoms with Crippen LogP contribution in [-0.4, -0.2) is 15.0 Å². The third kappa shape index (κ3) is 1.97. The number of aromatic amines is 1. The van der Waals surface area contributed by atoms with Crippen LogP contribution in [0, 0.1) is 20.8 Å². The summed E-state index contributed by atoms with van der Waals surface area (Å²) in [6, 6.07) is 1.51. The molecule has 0 amide bonds. The minimum atomic E-state index is -0.122. The Balaban J connectivity index is 2.63. The molecule has 0 saturated carbocycles. The maximum absolute atomic E-state index is 11.3. The molecule has 0 saturated heterocycles. The first-order chi connectivity index (χ1) is 7.06. The van der Waals surface area contributed by atoms with E-state index in [1.165, 1.54) is 6.07 Å². The van der Waals surface area contributed by atoms with E-state index in [2.05, 4.69) is 15.0 Å². The van der Waals surface area contributed by atoms with Gasteiger partial charge in [-0.1, -0.05) is 0 Å². The average Bonchev–Trinajstić information content (AvgIpc) is 2.43. The number of hydrogen-bond acceptors (Lipinski definition) is 4. The molecular formula is C10H11N3OS. The van der Waals surface area contributed by atoms with Crippen LogP contribution in [0.15, 0.2) is 10.9 Å². The van der Waals surface area contributed by atoms with Gasteiger partial charge in [-0.2, -0.15) is 0 Å². The third-order valence-corrected chi connectivity index (χ3v) is 3.09. The Bertz CT molecular complexity index is 556. The third-order valence-electron chi connectivity index (χ3n) is 2.00. The first-order valence-electron chi connectivity index (χ1n) is 4.58. The van der Waals surface area contributed by atoms with Crippen molar-refractivity contribution >= 4 is 11.3 Å². The Morgan fingerprint density at radius 3 is 2.53 bits per heavy atom. The highest BCUT2D eigenvalue weighted by molar-refractivity contribution is 7.15. The molecule has 2 rings (SSSR count). The second-order valence-electron chi connectivity index (χ2n) is 3.36. The summed E-state index contributed by atoms with van der Waals surface area (Å²) < 4.78 is 0. The Morgan fingerprint density at radius 1 is 1.27 bits per heavy atom. The van der Waals surface area contributed by atoms with E-state index in [1.54, 1.807) is 18.3 Å². The van der Waals surface area contributed by atoms with Gasteiger partial charge >= 0.3 is 0 Å². The molecule has 2 heterocycles. The normalized spacial score (nSPS) is 10.6. The van der Waals surface area contributed by atoms with Gasteiger partial charge in [-0.25, -0.2) is 9.97 Å². The zero-order valence-corrected chi connectivity index (χ0v) is 9.60. The Morgan fingerprint density at radius 2 is 2.00 bits per heavy atom. The second kappa shape index (κ2) is 3.58. The van der Waals surface area contributed by atoms with Crippen LogP contribution in [0.2, 0.25) is 0 Å². The molecule has 0 radical (unpaired) electrons. The van der Waals surface area contributed by atoms with Crippen LogP contribution >= 0.6 is 11.3 Å². The van der Waals surface area contributed by atoms with Crippen molar-refractivity contribution in [2.24, 2.45) is 0 Å². The summed E-state index contributed by atoms with van der Waals surface area (Å²) >= 11 is 1.56. The molecule has 0 fully saturated rings. The van der Waals surface area contributed by atoms with Gasteiger partial charge < -0.3 is 4.98 Å². The van der Waals surface area contributed by atoms with E-state index in [-0.39, 0.29) is 5.56 Å². The molecule has 0 aliphatic rings. The van der Waals surface area contributed by atoms with Gasteiger partial charge in [-0.05, 0) is 20.8 Å². The highest BCUT2D eigenvalue weighted by atomic mass is 32.1. The zero-order chi connectivity index (χ0) is 11.0. The molecule has 0 spiro atoms. The second-order valence-corrected chi connectivity index (χ2v) is 4.57. The quantitative estimate of drug-likeness (QED) is 0.799. The van der Waals surface area contributed by atoms with Gasteiger partial charge in [0.15, 0.2) is 0 Å². The largest absolute Gasteiger partial charge is 0.311 e. The lowest BCUT2D eigenvalue weighted by Crippen LogP contribution is -2.08. The van der Waals surface area contributed by atoms with E-state index >= 15 is 0 Å². The van der Waals surface area contributed by atoms with Crippen LogP contribution < -0.4 is 5.56 Å². The highest BCUT2D eigenvalue weighted by Crippen LogP contribution is 2.26. The fourth-order valence-corrected chi connectivity index (χ4v) is 2.35. The van der Waals surface area contributed by atoms with E-state index in [9.17, 15) is 4.79 Å². The van der Waals surface area contributed by atoms with Gasteiger partial charge in [0.2, 0.25) is 0 Å². The van der Waals surface area contributed by atoms with Gasteiger partial charge in [0, 0.05) is 6.07 Å². The molecule has 0 aromatic carbocycles. The maximum Gasteiger partial charge on any atom is 0.251 e. The topological polar surface area (TPSA) is 58.6 Å². The summed E-state index contributed by atoms with van der Waals surface area (Å²) in [7, 11) is 0. The van der Waals surface area contributed by atoms with Crippen LogP contribution in [0.4, 0.5) is 0 Å². The van der Waals surface area contributed by atoms with Crippen molar-refractivity contribution < 1.29 is 0 Å². The lowest BCUT2D eigenvalue weighted by Gasteiger charge is -1.98. The summed E-state index contributed by atoms with van der Waals surface area (Å²) in [5.41, 5.74) is 1.51. The monoisotopic (exact) mass is 221 g/mol. The summed E-state index contributed by atoms with van der Waals surface area (Å²) in [6.45, 7) is 5.65. The molecule has 1 N–H and O–H groups in total. The molecule has 0 unspecified atom stereocenters. The summed E-state index contributed by atoms with van der Waals surface area (Å²) in [5.74, 6) is 0.628. The van der Waals surface area contributed by atoms with Crippen molar-refractivity contribution in [2.75, 3.05) is 0 Å². The predicted molar refractivity (Wildman–Crippen MR) is 60.2 cm³/mol. The van der Waals surface area contributed by atoms with Crippen molar-refractivity contribution in [1.82, 2.24) is 15.0 Å². The van der Waals surface area contributed by atoms with Crippen molar-refractivity contribution in [3.63, 3.8) is 0 Å². The first kappa shape index (κ1) is 10.0. The molecule has 4 nitrogen and oxygen atoms in total. The molecule has 78 valence electrons. The SMILES string of the molecule is Cc1nc(-c2sc(C)nc2C)cc(=O)[nH]1. The zero-order valence-electron chi connectivity index (χ0n) is 8.79. The Hall–Kier alpha value is -1.49. The van der Waals surface area contributed by atoms with Gasteiger partial charge in [0.05, 0.1) is 21.3 Å². The van der Waals surface area contributed by atoms with Crippen molar-refractivity contribution in [2.45, 2.75) is 20.8 Å². The molecule has 0 bridgehead atoms. The predicted octanol–water partition coefficient (Wildman–Crippen LogP) is 1.82. The first-order valence-corrected chi connectivity index (χ1v) is 5.40. The molecule has 0 aliphatic carbocycles. The fourth-order valence-electron chi connectivity index (χ4n) is 1.46. The summed E-state index contributed by atoms with van der Waals surface area (Å²) in [6.07, 6.45) is 0. The van der Waals surface area contributed by atoms with Crippen molar-refractivity contribution in [3.05, 3.63) is 32.9 Å². The Kier molecular flexibility index (Phi) is 2.40. The van der Waals surface area contributed by atoms with Crippen molar-refractivity contribution in [3.8, 4) is 10.6 Å². The minimum absolute atomic E-state index is 0.122. The van der Waals surface area contributed by atoms with E-state index in [0.717, 1.165) is 15.6 Å². The molecule has 2 aromatic rings. The molecule has 0 atom stereocenters. The minimum Gasteiger partial charge on any atom is -0.311 e. The number of rotatable bonds is 1. The molecular weight excluding hydrogens is 210 g/mol. The molecule has 5 heteroatoms. The van der Waals surface area contributed by atoms with E-state index in [4.69, 9.17) is 0 Å². The standard InChI is InChI=1S/C10H11N3OS/c1-5-10(15-7(3)11-5)8-4-9(14)13-6(2)12-8/h4H,1-3H3,(H,12,13,14). The highest BCUT2D eigenvalue weighted by Gasteiger charge is 2.09. The Labute approximate surface area is 91.0 Å². The van der Waals surface area contributed by atoms with E-state index < -0.39 is 0 Å². The van der Waals surface area contributed by atoms with Gasteiger partial charge in [-0.15, -0.1) is 11.3 Å². The van der Waals surface area contributed by atoms with Crippen LogP contribution in [0.3, 0.4) is 0 Å². The van der Waals surface area contributed by atoms with Crippen LogP contribution in [0.25, 0.3) is 10.6 Å². The molecule has 2 aromatic heterocycles. The van der Waals surface area contributed by atoms with Gasteiger partial charge in [0.1, 0.15) is 5.82 Å². The number of aromatic nitrogens is 3. The number of thiazole rings is 1. The van der Waals surface area contributed by atoms with Gasteiger partial charge in [0.25, 0.3) is 5.56 Å². The molecule has 15 heavy (non-hydrogen) atoms. The van der Waals surface area contributed by atoms with Crippen LogP contribution in [-0.2, 0) is 0 Å². The van der Waals surface area contributed by atoms with Gasteiger partial charge in [-0.3, -0.25) is 4.79 Å². The maximum atomic E-state index is 11.3. The van der Waals surface area contributed by atoms with E-state index in [1.807, 2.05) is 13.8 Å². The number of hydrogen-bond donors (Lipinski definition) is 1. The number of nitrogens with one attached hydrogen (secondary N) is 1. The molecule has 0 aliphatic heterocycles. The summed E-state index contributed by atoms with van der Waals surface area (Å²) in [5, 5.41) is 0.988. The number of nitrogens with zero attached hydrogens (tertiary/aromatic N) is 2. The number of H-pyrrole nitrogens is 1.